The van der Waals surface area contributed by atoms with Gasteiger partial charge in [-0.2, -0.15) is 0 Å². The third kappa shape index (κ3) is 8.75. The normalized spacial score (nSPS) is 34.9. The standard InChI is InChI=1S/C36H44O23/c1-11-20(39)23(42)27(46)34(54-11)53-10-18-21(40)24(43)28(47)36(57-18)58-31-22(41)19-14(38)8-13(52-6-5-37)9-17(19)55-30(31)12-3-4-15(51-2)16(7-12)56-35-29(48)25(44)26(45)32(59-35)33(49)50/h3-4,7-9,11,18,20-21,23-29,32,34-40,42-48H,5-6,10H2,1-2H3,(H,49,50)/t11-,18+,20-,21+,23+,24-,25-,26-,27+,28+,29+,32-,34+,35+,36-/m0/s1. The predicted molar refractivity (Wildman–Crippen MR) is 189 cm³/mol. The molecule has 2 aromatic carbocycles. The molecule has 0 saturated carbocycles. The van der Waals surface area contributed by atoms with E-state index in [9.17, 15) is 70.9 Å². The number of aliphatic carboxylic acids is 1. The summed E-state index contributed by atoms with van der Waals surface area (Å²) in [6.07, 6.45) is -27.0. The second kappa shape index (κ2) is 18.0. The maximum Gasteiger partial charge on any atom is 0.335 e. The van der Waals surface area contributed by atoms with Crippen LogP contribution in [0.2, 0.25) is 0 Å². The van der Waals surface area contributed by atoms with Crippen LogP contribution >= 0.6 is 0 Å². The molecule has 0 spiro atoms. The molecule has 12 N–H and O–H groups in total. The lowest BCUT2D eigenvalue weighted by Crippen LogP contribution is -2.61. The lowest BCUT2D eigenvalue weighted by molar-refractivity contribution is -0.318. The molecule has 1 aromatic heterocycles. The van der Waals surface area contributed by atoms with Crippen molar-refractivity contribution in [3.8, 4) is 40.1 Å². The van der Waals surface area contributed by atoms with Crippen molar-refractivity contribution < 1.29 is 108 Å². The van der Waals surface area contributed by atoms with E-state index in [0.717, 1.165) is 12.1 Å². The van der Waals surface area contributed by atoms with E-state index < -0.39 is 139 Å². The van der Waals surface area contributed by atoms with E-state index in [-0.39, 0.29) is 35.0 Å². The zero-order valence-electron chi connectivity index (χ0n) is 31.0. The summed E-state index contributed by atoms with van der Waals surface area (Å²) in [6.45, 7) is 0.0956. The molecule has 23 heteroatoms. The van der Waals surface area contributed by atoms with Crippen LogP contribution in [0.1, 0.15) is 6.92 Å². The molecule has 3 aromatic rings. The van der Waals surface area contributed by atoms with E-state index in [4.69, 9.17) is 42.3 Å². The summed E-state index contributed by atoms with van der Waals surface area (Å²) in [5, 5.41) is 123. The fourth-order valence-electron chi connectivity index (χ4n) is 6.59. The Morgan fingerprint density at radius 1 is 0.746 bits per heavy atom. The largest absolute Gasteiger partial charge is 0.507 e. The van der Waals surface area contributed by atoms with Crippen LogP contribution in [0.5, 0.6) is 28.7 Å². The maximum absolute atomic E-state index is 14.3. The smallest absolute Gasteiger partial charge is 0.335 e. The monoisotopic (exact) mass is 844 g/mol. The number of aromatic hydroxyl groups is 1. The SMILES string of the molecule is COc1ccc(-c2oc3cc(OCCO)cc(O)c3c(=O)c2O[C@@H]2O[C@H](CO[C@@H]3O[C@@H](C)[C@H](O)[C@@H](O)[C@H]3O)[C@@H](O)[C@H](O)[C@H]2O)cc1O[C@@H]1O[C@H](C(=O)O)[C@@H](O)[C@H](O)[C@H]1O. The zero-order chi connectivity index (χ0) is 43.0. The van der Waals surface area contributed by atoms with Crippen LogP contribution < -0.4 is 24.4 Å². The number of phenols is 1. The van der Waals surface area contributed by atoms with Gasteiger partial charge in [-0.15, -0.1) is 0 Å². The van der Waals surface area contributed by atoms with Gasteiger partial charge in [-0.25, -0.2) is 4.79 Å². The van der Waals surface area contributed by atoms with Crippen molar-refractivity contribution in [1.82, 2.24) is 0 Å². The van der Waals surface area contributed by atoms with Crippen LogP contribution in [0.15, 0.2) is 39.5 Å². The lowest BCUT2D eigenvalue weighted by Gasteiger charge is -2.42. The number of carboxylic acids is 1. The molecular formula is C36H44O23. The van der Waals surface area contributed by atoms with Gasteiger partial charge in [0.25, 0.3) is 0 Å². The number of hydrogen-bond acceptors (Lipinski definition) is 22. The number of carboxylic acid groups (broad SMARTS) is 1. The summed E-state index contributed by atoms with van der Waals surface area (Å²) >= 11 is 0. The van der Waals surface area contributed by atoms with E-state index in [1.54, 1.807) is 0 Å². The predicted octanol–water partition coefficient (Wildman–Crippen LogP) is -4.15. The molecule has 23 nitrogen and oxygen atoms in total. The molecular weight excluding hydrogens is 800 g/mol. The molecule has 0 radical (unpaired) electrons. The first-order valence-electron chi connectivity index (χ1n) is 18.0. The Morgan fingerprint density at radius 3 is 2.05 bits per heavy atom. The number of rotatable bonds is 13. The van der Waals surface area contributed by atoms with E-state index in [1.807, 2.05) is 0 Å². The Hall–Kier alpha value is -4.44. The zero-order valence-corrected chi connectivity index (χ0v) is 31.0. The van der Waals surface area contributed by atoms with Crippen molar-refractivity contribution in [1.29, 1.82) is 0 Å². The number of aliphatic hydroxyl groups is 10. The summed E-state index contributed by atoms with van der Waals surface area (Å²) in [7, 11) is 1.22. The van der Waals surface area contributed by atoms with Crippen LogP contribution in [0.3, 0.4) is 0 Å². The van der Waals surface area contributed by atoms with Crippen LogP contribution in [-0.4, -0.2) is 186 Å². The Balaban J connectivity index is 1.39. The van der Waals surface area contributed by atoms with Gasteiger partial charge < -0.3 is 104 Å². The fourth-order valence-corrected chi connectivity index (χ4v) is 6.59. The van der Waals surface area contributed by atoms with Crippen molar-refractivity contribution >= 4 is 16.9 Å². The van der Waals surface area contributed by atoms with Crippen LogP contribution in [-0.2, 0) is 23.7 Å². The molecule has 0 aliphatic carbocycles. The van der Waals surface area contributed by atoms with Gasteiger partial charge in [-0.1, -0.05) is 0 Å². The molecule has 326 valence electrons. The van der Waals surface area contributed by atoms with Gasteiger partial charge in [0.2, 0.25) is 23.8 Å². The van der Waals surface area contributed by atoms with E-state index in [1.165, 1.54) is 32.2 Å². The molecule has 3 aliphatic rings. The second-order valence-electron chi connectivity index (χ2n) is 13.8. The highest BCUT2D eigenvalue weighted by atomic mass is 16.7. The number of phenolic OH excluding ortho intramolecular Hbond substituents is 1. The van der Waals surface area contributed by atoms with Gasteiger partial charge in [-0.05, 0) is 25.1 Å². The maximum atomic E-state index is 14.3. The first-order chi connectivity index (χ1) is 28.0. The Morgan fingerprint density at radius 2 is 1.39 bits per heavy atom. The number of hydrogen-bond donors (Lipinski definition) is 12. The van der Waals surface area contributed by atoms with Gasteiger partial charge in [0, 0.05) is 17.7 Å². The highest BCUT2D eigenvalue weighted by molar-refractivity contribution is 5.88. The quantitative estimate of drug-likeness (QED) is 0.0777. The Labute approximate surface area is 331 Å². The average molecular weight is 845 g/mol. The molecule has 3 saturated heterocycles. The molecule has 3 fully saturated rings. The van der Waals surface area contributed by atoms with E-state index >= 15 is 0 Å². The molecule has 59 heavy (non-hydrogen) atoms. The summed E-state index contributed by atoms with van der Waals surface area (Å²) in [6, 6.07) is 5.95. The van der Waals surface area contributed by atoms with Crippen molar-refractivity contribution in [3.05, 3.63) is 40.6 Å². The molecule has 0 amide bonds. The fraction of sp³-hybridized carbons (Fsp3) is 0.556. The Kier molecular flexibility index (Phi) is 13.5. The average Bonchev–Trinajstić information content (AvgIpc) is 3.21. The van der Waals surface area contributed by atoms with Crippen LogP contribution in [0.25, 0.3) is 22.3 Å². The minimum absolute atomic E-state index is 0.0443. The summed E-state index contributed by atoms with van der Waals surface area (Å²) in [4.78, 5) is 26.0. The van der Waals surface area contributed by atoms with Gasteiger partial charge in [0.05, 0.1) is 26.4 Å². The number of benzene rings is 2. The molecule has 6 rings (SSSR count). The van der Waals surface area contributed by atoms with Gasteiger partial charge >= 0.3 is 5.97 Å². The van der Waals surface area contributed by atoms with Gasteiger partial charge in [0.15, 0.2) is 29.7 Å². The number of aliphatic hydroxyl groups excluding tert-OH is 10. The van der Waals surface area contributed by atoms with Crippen molar-refractivity contribution in [2.75, 3.05) is 26.9 Å². The second-order valence-corrected chi connectivity index (χ2v) is 13.8. The number of carbonyl (C=O) groups is 1. The van der Waals surface area contributed by atoms with E-state index in [2.05, 4.69) is 0 Å². The van der Waals surface area contributed by atoms with Crippen molar-refractivity contribution in [2.24, 2.45) is 0 Å². The van der Waals surface area contributed by atoms with Crippen molar-refractivity contribution in [2.45, 2.75) is 99.0 Å². The third-order valence-electron chi connectivity index (χ3n) is 9.88. The van der Waals surface area contributed by atoms with Crippen molar-refractivity contribution in [3.63, 3.8) is 0 Å². The summed E-state index contributed by atoms with van der Waals surface area (Å²) < 4.78 is 50.3. The first-order valence-corrected chi connectivity index (χ1v) is 18.0. The first kappa shape index (κ1) is 44.1. The van der Waals surface area contributed by atoms with Gasteiger partial charge in [0.1, 0.15) is 90.1 Å². The molecule has 15 atom stereocenters. The highest BCUT2D eigenvalue weighted by Crippen LogP contribution is 2.41. The van der Waals surface area contributed by atoms with Crippen LogP contribution in [0, 0.1) is 0 Å². The van der Waals surface area contributed by atoms with Gasteiger partial charge in [-0.3, -0.25) is 4.79 Å². The Bertz CT molecular complexity index is 2010. The minimum atomic E-state index is -2.08. The minimum Gasteiger partial charge on any atom is -0.507 e. The highest BCUT2D eigenvalue weighted by Gasteiger charge is 2.50. The number of ether oxygens (including phenoxy) is 8. The molecule has 0 unspecified atom stereocenters. The molecule has 4 heterocycles. The number of fused-ring (bicyclic) bond motifs is 1. The third-order valence-corrected chi connectivity index (χ3v) is 9.88. The van der Waals surface area contributed by atoms with Crippen LogP contribution in [0.4, 0.5) is 0 Å². The summed E-state index contributed by atoms with van der Waals surface area (Å²) in [5.74, 6) is -4.07. The number of methoxy groups -OCH3 is 1. The topological polar surface area (TPSA) is 364 Å². The lowest BCUT2D eigenvalue weighted by atomic mass is 9.98. The molecule has 0 bridgehead atoms. The van der Waals surface area contributed by atoms with E-state index in [0.29, 0.717) is 0 Å². The summed E-state index contributed by atoms with van der Waals surface area (Å²) in [5.41, 5.74) is -1.51. The molecule has 3 aliphatic heterocycles.